The summed E-state index contributed by atoms with van der Waals surface area (Å²) in [5.74, 6) is 0. The molecule has 1 aliphatic rings. The van der Waals surface area contributed by atoms with Gasteiger partial charge in [0, 0.05) is 12.2 Å². The molecule has 88 valence electrons. The van der Waals surface area contributed by atoms with E-state index in [1.165, 1.54) is 31.5 Å². The lowest BCUT2D eigenvalue weighted by Gasteiger charge is -2.22. The Morgan fingerprint density at radius 1 is 1.31 bits per heavy atom. The number of carbonyl (C=O) groups excluding carboxylic acids is 1. The fourth-order valence-corrected chi connectivity index (χ4v) is 1.83. The van der Waals surface area contributed by atoms with E-state index in [1.807, 2.05) is 0 Å². The van der Waals surface area contributed by atoms with Crippen molar-refractivity contribution in [3.63, 3.8) is 0 Å². The first-order chi connectivity index (χ1) is 7.76. The summed E-state index contributed by atoms with van der Waals surface area (Å²) in [4.78, 5) is 15.2. The van der Waals surface area contributed by atoms with Crippen molar-refractivity contribution in [2.75, 3.05) is 0 Å². The number of hydrogen-bond donors (Lipinski definition) is 2. The first kappa shape index (κ1) is 12.5. The Balaban J connectivity index is 2.36. The van der Waals surface area contributed by atoms with Gasteiger partial charge in [-0.25, -0.2) is 4.79 Å². The topological polar surface area (TPSA) is 53.5 Å². The summed E-state index contributed by atoms with van der Waals surface area (Å²) in [5, 5.41) is 5.62. The molecular formula is C12H19N3O. The fourth-order valence-electron chi connectivity index (χ4n) is 1.83. The average molecular weight is 221 g/mol. The van der Waals surface area contributed by atoms with Gasteiger partial charge in [-0.1, -0.05) is 25.8 Å². The van der Waals surface area contributed by atoms with Crippen molar-refractivity contribution in [3.05, 3.63) is 24.6 Å². The maximum Gasteiger partial charge on any atom is 0.319 e. The lowest BCUT2D eigenvalue weighted by molar-refractivity contribution is 0.235. The minimum Gasteiger partial charge on any atom is -0.335 e. The number of amides is 2. The van der Waals surface area contributed by atoms with Gasteiger partial charge in [-0.05, 0) is 25.6 Å². The van der Waals surface area contributed by atoms with Gasteiger partial charge in [0.25, 0.3) is 0 Å². The largest absolute Gasteiger partial charge is 0.335 e. The number of carbonyl (C=O) groups is 1. The van der Waals surface area contributed by atoms with Crippen LogP contribution in [0.3, 0.4) is 0 Å². The third-order valence-corrected chi connectivity index (χ3v) is 2.65. The molecule has 0 spiro atoms. The molecule has 2 amide bonds. The predicted octanol–water partition coefficient (Wildman–Crippen LogP) is 2.35. The summed E-state index contributed by atoms with van der Waals surface area (Å²) in [6, 6.07) is 0.109. The summed E-state index contributed by atoms with van der Waals surface area (Å²) >= 11 is 0. The Labute approximate surface area is 96.5 Å². The molecule has 4 nitrogen and oxygen atoms in total. The smallest absolute Gasteiger partial charge is 0.319 e. The van der Waals surface area contributed by atoms with E-state index >= 15 is 0 Å². The van der Waals surface area contributed by atoms with Crippen molar-refractivity contribution < 1.29 is 4.79 Å². The van der Waals surface area contributed by atoms with Crippen LogP contribution in [0.1, 0.15) is 32.1 Å². The number of aliphatic imine (C=N–C) groups is 1. The van der Waals surface area contributed by atoms with Crippen molar-refractivity contribution in [3.8, 4) is 0 Å². The Bertz CT molecular complexity index is 291. The number of nitrogens with zero attached hydrogens (tertiary/aromatic N) is 1. The van der Waals surface area contributed by atoms with Gasteiger partial charge < -0.3 is 10.6 Å². The number of hydrogen-bond acceptors (Lipinski definition) is 2. The van der Waals surface area contributed by atoms with E-state index in [1.54, 1.807) is 0 Å². The summed E-state index contributed by atoms with van der Waals surface area (Å²) in [6.45, 7) is 6.91. The predicted molar refractivity (Wildman–Crippen MR) is 66.4 cm³/mol. The van der Waals surface area contributed by atoms with Gasteiger partial charge in [0.2, 0.25) is 0 Å². The Morgan fingerprint density at radius 3 is 2.56 bits per heavy atom. The first-order valence-electron chi connectivity index (χ1n) is 5.62. The van der Waals surface area contributed by atoms with E-state index in [9.17, 15) is 4.79 Å². The van der Waals surface area contributed by atoms with Crippen molar-refractivity contribution >= 4 is 12.7 Å². The number of rotatable bonds is 4. The molecule has 1 fully saturated rings. The summed E-state index contributed by atoms with van der Waals surface area (Å²) in [5.41, 5.74) is 0.559. The maximum absolute atomic E-state index is 11.6. The van der Waals surface area contributed by atoms with E-state index in [0.29, 0.717) is 11.7 Å². The third-order valence-electron chi connectivity index (χ3n) is 2.65. The highest BCUT2D eigenvalue weighted by molar-refractivity contribution is 5.76. The molecule has 2 N–H and O–H groups in total. The normalized spacial score (nSPS) is 17.6. The number of nitrogens with one attached hydrogen (secondary N) is 2. The molecule has 0 unspecified atom stereocenters. The molecule has 0 aliphatic heterocycles. The average Bonchev–Trinajstić information content (AvgIpc) is 2.29. The van der Waals surface area contributed by atoms with Gasteiger partial charge in [0.1, 0.15) is 0 Å². The van der Waals surface area contributed by atoms with Crippen LogP contribution in [-0.4, -0.2) is 18.8 Å². The molecule has 16 heavy (non-hydrogen) atoms. The van der Waals surface area contributed by atoms with E-state index in [-0.39, 0.29) is 6.03 Å². The molecule has 1 aliphatic carbocycles. The highest BCUT2D eigenvalue weighted by Gasteiger charge is 2.15. The molecule has 0 saturated heterocycles. The van der Waals surface area contributed by atoms with Crippen LogP contribution in [0, 0.1) is 0 Å². The number of allylic oxidation sites excluding steroid dienone is 1. The Morgan fingerprint density at radius 2 is 2.00 bits per heavy atom. The lowest BCUT2D eigenvalue weighted by Crippen LogP contribution is -2.42. The van der Waals surface area contributed by atoms with Crippen LogP contribution in [-0.2, 0) is 0 Å². The van der Waals surface area contributed by atoms with Gasteiger partial charge in [0.15, 0.2) is 0 Å². The van der Waals surface area contributed by atoms with Crippen molar-refractivity contribution in [2.24, 2.45) is 4.99 Å². The molecule has 1 rings (SSSR count). The summed E-state index contributed by atoms with van der Waals surface area (Å²) < 4.78 is 0. The molecular weight excluding hydrogens is 202 g/mol. The van der Waals surface area contributed by atoms with Crippen LogP contribution < -0.4 is 10.6 Å². The zero-order chi connectivity index (χ0) is 11.8. The molecule has 0 radical (unpaired) electrons. The third kappa shape index (κ3) is 4.29. The van der Waals surface area contributed by atoms with Crippen molar-refractivity contribution in [1.29, 1.82) is 0 Å². The molecule has 1 saturated carbocycles. The fraction of sp³-hybridized carbons (Fsp3) is 0.500. The van der Waals surface area contributed by atoms with Gasteiger partial charge in [-0.2, -0.15) is 0 Å². The first-order valence-corrected chi connectivity index (χ1v) is 5.62. The van der Waals surface area contributed by atoms with Gasteiger partial charge in [-0.3, -0.25) is 4.99 Å². The molecule has 0 aromatic heterocycles. The standard InChI is InChI=1S/C12H19N3O/c1-3-10(9-13-2)14-12(16)15-11-7-5-4-6-8-11/h3,9,11H,1-2,4-8H2,(H2,14,15,16)/b10-9+. The van der Waals surface area contributed by atoms with Crippen LogP contribution in [0.2, 0.25) is 0 Å². The Hall–Kier alpha value is -1.58. The van der Waals surface area contributed by atoms with Crippen molar-refractivity contribution in [1.82, 2.24) is 10.6 Å². The van der Waals surface area contributed by atoms with E-state index in [0.717, 1.165) is 12.8 Å². The van der Waals surface area contributed by atoms with Crippen LogP contribution in [0.4, 0.5) is 4.79 Å². The van der Waals surface area contributed by atoms with Crippen LogP contribution in [0.25, 0.3) is 0 Å². The summed E-state index contributed by atoms with van der Waals surface area (Å²) in [6.07, 6.45) is 8.81. The zero-order valence-electron chi connectivity index (χ0n) is 9.54. The second kappa shape index (κ2) is 6.82. The van der Waals surface area contributed by atoms with Gasteiger partial charge in [-0.15, -0.1) is 0 Å². The highest BCUT2D eigenvalue weighted by atomic mass is 16.2. The molecule has 0 aromatic carbocycles. The highest BCUT2D eigenvalue weighted by Crippen LogP contribution is 2.17. The van der Waals surface area contributed by atoms with E-state index in [2.05, 4.69) is 28.9 Å². The van der Waals surface area contributed by atoms with Crippen LogP contribution in [0.15, 0.2) is 29.5 Å². The Kier molecular flexibility index (Phi) is 5.32. The maximum atomic E-state index is 11.6. The van der Waals surface area contributed by atoms with Crippen LogP contribution >= 0.6 is 0 Å². The molecule has 4 heteroatoms. The minimum absolute atomic E-state index is 0.193. The minimum atomic E-state index is -0.193. The SMILES string of the molecule is C=C/C(=C\N=C)NC(=O)NC1CCCCC1. The lowest BCUT2D eigenvalue weighted by atomic mass is 9.96. The monoisotopic (exact) mass is 221 g/mol. The number of urea groups is 1. The van der Waals surface area contributed by atoms with Gasteiger partial charge in [0.05, 0.1) is 5.70 Å². The second-order valence-electron chi connectivity index (χ2n) is 3.90. The molecule has 0 aromatic rings. The summed E-state index contributed by atoms with van der Waals surface area (Å²) in [7, 11) is 0. The molecule has 0 atom stereocenters. The van der Waals surface area contributed by atoms with Crippen LogP contribution in [0.5, 0.6) is 0 Å². The quantitative estimate of drug-likeness (QED) is 0.555. The van der Waals surface area contributed by atoms with E-state index < -0.39 is 0 Å². The van der Waals surface area contributed by atoms with Gasteiger partial charge >= 0.3 is 6.03 Å². The van der Waals surface area contributed by atoms with E-state index in [4.69, 9.17) is 0 Å². The molecule has 0 heterocycles. The second-order valence-corrected chi connectivity index (χ2v) is 3.90. The van der Waals surface area contributed by atoms with Crippen molar-refractivity contribution in [2.45, 2.75) is 38.1 Å². The molecule has 0 bridgehead atoms. The zero-order valence-corrected chi connectivity index (χ0v) is 9.54.